The van der Waals surface area contributed by atoms with Crippen LogP contribution in [-0.2, 0) is 24.0 Å². The summed E-state index contributed by atoms with van der Waals surface area (Å²) in [7, 11) is 0. The predicted molar refractivity (Wildman–Crippen MR) is 60.1 cm³/mol. The first-order valence-electron chi connectivity index (χ1n) is 5.63. The zero-order valence-corrected chi connectivity index (χ0v) is 10.1. The molecule has 2 amide bonds. The van der Waals surface area contributed by atoms with Crippen LogP contribution in [0, 0.1) is 0 Å². The highest BCUT2D eigenvalue weighted by atomic mass is 16.7. The highest BCUT2D eigenvalue weighted by Crippen LogP contribution is 2.13. The molecule has 1 aliphatic heterocycles. The SMILES string of the molecule is [N-]=[N+]=NCCC(=O)CCC(=O)ON1C(=O)CCC1=O. The van der Waals surface area contributed by atoms with E-state index in [9.17, 15) is 19.2 Å². The summed E-state index contributed by atoms with van der Waals surface area (Å²) in [5, 5.41) is 3.63. The van der Waals surface area contributed by atoms with Crippen molar-refractivity contribution in [3.8, 4) is 0 Å². The second kappa shape index (κ2) is 7.12. The molecule has 9 heteroatoms. The van der Waals surface area contributed by atoms with Gasteiger partial charge in [0, 0.05) is 37.1 Å². The minimum atomic E-state index is -0.819. The Morgan fingerprint density at radius 1 is 1.21 bits per heavy atom. The highest BCUT2D eigenvalue weighted by molar-refractivity contribution is 6.01. The maximum atomic E-state index is 11.3. The first kappa shape index (κ1) is 14.7. The van der Waals surface area contributed by atoms with Crippen LogP contribution in [-0.4, -0.2) is 35.2 Å². The minimum absolute atomic E-state index is 0.0250. The van der Waals surface area contributed by atoms with Crippen molar-refractivity contribution in [3.63, 3.8) is 0 Å². The van der Waals surface area contributed by atoms with E-state index in [0.29, 0.717) is 5.06 Å². The summed E-state index contributed by atoms with van der Waals surface area (Å²) < 4.78 is 0. The van der Waals surface area contributed by atoms with Crippen LogP contribution in [0.25, 0.3) is 10.4 Å². The van der Waals surface area contributed by atoms with Gasteiger partial charge in [-0.2, -0.15) is 0 Å². The molecule has 0 spiro atoms. The first-order chi connectivity index (χ1) is 9.04. The molecule has 1 rings (SSSR count). The molecule has 0 aliphatic carbocycles. The Morgan fingerprint density at radius 2 is 1.84 bits per heavy atom. The van der Waals surface area contributed by atoms with Crippen molar-refractivity contribution in [2.75, 3.05) is 6.54 Å². The van der Waals surface area contributed by atoms with Crippen LogP contribution in [0.1, 0.15) is 32.1 Å². The van der Waals surface area contributed by atoms with Crippen molar-refractivity contribution in [3.05, 3.63) is 10.4 Å². The van der Waals surface area contributed by atoms with Crippen LogP contribution in [0.3, 0.4) is 0 Å². The van der Waals surface area contributed by atoms with Gasteiger partial charge in [0.05, 0.1) is 6.42 Å². The van der Waals surface area contributed by atoms with E-state index >= 15 is 0 Å². The minimum Gasteiger partial charge on any atom is -0.330 e. The molecule has 9 nitrogen and oxygen atoms in total. The third-order valence-electron chi connectivity index (χ3n) is 2.36. The normalized spacial score (nSPS) is 14.2. The van der Waals surface area contributed by atoms with Gasteiger partial charge in [0.25, 0.3) is 11.8 Å². The van der Waals surface area contributed by atoms with Crippen LogP contribution in [0.5, 0.6) is 0 Å². The van der Waals surface area contributed by atoms with E-state index in [0.717, 1.165) is 0 Å². The van der Waals surface area contributed by atoms with Gasteiger partial charge in [0.15, 0.2) is 0 Å². The monoisotopic (exact) mass is 268 g/mol. The van der Waals surface area contributed by atoms with E-state index in [2.05, 4.69) is 14.9 Å². The van der Waals surface area contributed by atoms with E-state index in [1.165, 1.54) is 0 Å². The Labute approximate surface area is 108 Å². The lowest BCUT2D eigenvalue weighted by atomic mass is 10.2. The predicted octanol–water partition coefficient (Wildman–Crippen LogP) is 0.643. The lowest BCUT2D eigenvalue weighted by Crippen LogP contribution is -2.32. The van der Waals surface area contributed by atoms with E-state index < -0.39 is 17.8 Å². The number of hydrogen-bond acceptors (Lipinski definition) is 6. The molecular formula is C10H12N4O5. The van der Waals surface area contributed by atoms with Gasteiger partial charge in [-0.05, 0) is 5.53 Å². The summed E-state index contributed by atoms with van der Waals surface area (Å²) in [5.74, 6) is -2.20. The number of carbonyl (C=O) groups is 4. The molecule has 0 aromatic rings. The number of amides is 2. The average molecular weight is 268 g/mol. The zero-order valence-electron chi connectivity index (χ0n) is 10.1. The third-order valence-corrected chi connectivity index (χ3v) is 2.36. The Morgan fingerprint density at radius 3 is 2.42 bits per heavy atom. The summed E-state index contributed by atoms with van der Waals surface area (Å²) in [5.41, 5.74) is 8.01. The zero-order chi connectivity index (χ0) is 14.3. The Hall–Kier alpha value is -2.41. The lowest BCUT2D eigenvalue weighted by Gasteiger charge is -2.12. The van der Waals surface area contributed by atoms with Crippen molar-refractivity contribution >= 4 is 23.6 Å². The van der Waals surface area contributed by atoms with E-state index in [1.54, 1.807) is 0 Å². The van der Waals surface area contributed by atoms with Crippen LogP contribution in [0.4, 0.5) is 0 Å². The van der Waals surface area contributed by atoms with Crippen molar-refractivity contribution in [1.29, 1.82) is 0 Å². The van der Waals surface area contributed by atoms with Gasteiger partial charge < -0.3 is 4.84 Å². The fourth-order valence-electron chi connectivity index (χ4n) is 1.39. The molecule has 0 saturated carbocycles. The van der Waals surface area contributed by atoms with Gasteiger partial charge in [0.2, 0.25) is 0 Å². The molecule has 0 unspecified atom stereocenters. The molecule has 0 atom stereocenters. The number of hydroxylamine groups is 2. The number of rotatable bonds is 7. The number of nitrogens with zero attached hydrogens (tertiary/aromatic N) is 4. The van der Waals surface area contributed by atoms with Crippen molar-refractivity contribution in [2.24, 2.45) is 5.11 Å². The molecule has 0 bridgehead atoms. The average Bonchev–Trinajstić information content (AvgIpc) is 2.68. The Balaban J connectivity index is 2.28. The van der Waals surface area contributed by atoms with Crippen molar-refractivity contribution in [2.45, 2.75) is 32.1 Å². The second-order valence-corrected chi connectivity index (χ2v) is 3.79. The third kappa shape index (κ3) is 4.76. The molecular weight excluding hydrogens is 256 g/mol. The number of hydrogen-bond donors (Lipinski definition) is 0. The summed E-state index contributed by atoms with van der Waals surface area (Å²) in [4.78, 5) is 51.9. The fraction of sp³-hybridized carbons (Fsp3) is 0.600. The van der Waals surface area contributed by atoms with Crippen LogP contribution in [0.2, 0.25) is 0 Å². The van der Waals surface area contributed by atoms with Crippen LogP contribution in [0.15, 0.2) is 5.11 Å². The van der Waals surface area contributed by atoms with E-state index in [1.807, 2.05) is 0 Å². The van der Waals surface area contributed by atoms with Gasteiger partial charge in [-0.3, -0.25) is 14.4 Å². The van der Waals surface area contributed by atoms with Crippen molar-refractivity contribution in [1.82, 2.24) is 5.06 Å². The molecule has 102 valence electrons. The van der Waals surface area contributed by atoms with Crippen LogP contribution < -0.4 is 0 Å². The molecule has 0 N–H and O–H groups in total. The topological polar surface area (TPSA) is 130 Å². The summed E-state index contributed by atoms with van der Waals surface area (Å²) >= 11 is 0. The molecule has 1 aliphatic rings. The smallest absolute Gasteiger partial charge is 0.330 e. The van der Waals surface area contributed by atoms with Gasteiger partial charge in [-0.25, -0.2) is 4.79 Å². The van der Waals surface area contributed by atoms with Gasteiger partial charge in [0.1, 0.15) is 5.78 Å². The van der Waals surface area contributed by atoms with Gasteiger partial charge in [-0.1, -0.05) is 5.11 Å². The van der Waals surface area contributed by atoms with E-state index in [4.69, 9.17) is 5.53 Å². The number of Topliss-reactive ketones (excluding diaryl/α,β-unsaturated/α-hetero) is 1. The van der Waals surface area contributed by atoms with Gasteiger partial charge >= 0.3 is 5.97 Å². The quantitative estimate of drug-likeness (QED) is 0.289. The Bertz CT molecular complexity index is 439. The second-order valence-electron chi connectivity index (χ2n) is 3.79. The maximum Gasteiger partial charge on any atom is 0.333 e. The summed E-state index contributed by atoms with van der Waals surface area (Å²) in [6, 6.07) is 0. The van der Waals surface area contributed by atoms with Crippen molar-refractivity contribution < 1.29 is 24.0 Å². The largest absolute Gasteiger partial charge is 0.333 e. The molecule has 1 saturated heterocycles. The van der Waals surface area contributed by atoms with Crippen LogP contribution >= 0.6 is 0 Å². The summed E-state index contributed by atoms with van der Waals surface area (Å²) in [6.45, 7) is 0.0352. The lowest BCUT2D eigenvalue weighted by molar-refractivity contribution is -0.197. The number of ketones is 1. The maximum absolute atomic E-state index is 11.3. The molecule has 1 fully saturated rings. The number of imide groups is 1. The highest BCUT2D eigenvalue weighted by Gasteiger charge is 2.32. The fourth-order valence-corrected chi connectivity index (χ4v) is 1.39. The Kier molecular flexibility index (Phi) is 5.49. The number of carbonyl (C=O) groups excluding carboxylic acids is 4. The molecule has 0 aromatic heterocycles. The van der Waals surface area contributed by atoms with E-state index in [-0.39, 0.29) is 44.4 Å². The van der Waals surface area contributed by atoms with Gasteiger partial charge in [-0.15, -0.1) is 5.06 Å². The molecule has 19 heavy (non-hydrogen) atoms. The first-order valence-corrected chi connectivity index (χ1v) is 5.63. The number of azide groups is 1. The standard InChI is InChI=1S/C10H12N4O5/c11-13-12-6-5-7(15)1-4-10(18)19-14-8(16)2-3-9(14)17/h1-6H2. The summed E-state index contributed by atoms with van der Waals surface area (Å²) in [6.07, 6.45) is -0.227. The molecule has 0 aromatic carbocycles. The molecule has 1 heterocycles. The molecule has 0 radical (unpaired) electrons.